The Morgan fingerprint density at radius 1 is 1.20 bits per heavy atom. The topological polar surface area (TPSA) is 81.8 Å². The maximum Gasteiger partial charge on any atom is 0.261 e. The first kappa shape index (κ1) is 20.0. The summed E-state index contributed by atoms with van der Waals surface area (Å²) < 4.78 is 3.95. The predicted octanol–water partition coefficient (Wildman–Crippen LogP) is 3.53. The average molecular weight is 466 g/mol. The fraction of sp³-hybridized carbons (Fsp3) is 0.182. The number of benzene rings is 2. The lowest BCUT2D eigenvalue weighted by molar-refractivity contribution is -0.122. The third-order valence-corrected chi connectivity index (χ3v) is 5.49. The van der Waals surface area contributed by atoms with Crippen molar-refractivity contribution in [1.29, 1.82) is 0 Å². The number of hydrogen-bond donors (Lipinski definition) is 1. The van der Waals surface area contributed by atoms with Gasteiger partial charge in [-0.25, -0.2) is 9.67 Å². The Kier molecular flexibility index (Phi) is 5.50. The second kappa shape index (κ2) is 8.23. The van der Waals surface area contributed by atoms with Crippen LogP contribution in [0.4, 0.5) is 0 Å². The van der Waals surface area contributed by atoms with Crippen molar-refractivity contribution in [2.24, 2.45) is 0 Å². The number of fused-ring (bicyclic) bond motifs is 1. The molecule has 152 valence electrons. The zero-order valence-electron chi connectivity index (χ0n) is 16.5. The van der Waals surface area contributed by atoms with E-state index in [4.69, 9.17) is 0 Å². The normalized spacial score (nSPS) is 12.1. The van der Waals surface area contributed by atoms with Gasteiger partial charge >= 0.3 is 0 Å². The molecule has 0 aliphatic rings. The molecular formula is C22H20BrN5O2. The minimum Gasteiger partial charge on any atom is -0.348 e. The minimum atomic E-state index is -0.271. The van der Waals surface area contributed by atoms with Crippen LogP contribution in [0.15, 0.2) is 70.3 Å². The van der Waals surface area contributed by atoms with Gasteiger partial charge in [-0.05, 0) is 44.2 Å². The fourth-order valence-corrected chi connectivity index (χ4v) is 3.80. The van der Waals surface area contributed by atoms with E-state index in [1.54, 1.807) is 18.3 Å². The van der Waals surface area contributed by atoms with Gasteiger partial charge in [0.15, 0.2) is 0 Å². The molecule has 0 fully saturated rings. The first-order valence-corrected chi connectivity index (χ1v) is 10.3. The van der Waals surface area contributed by atoms with Crippen LogP contribution in [0.2, 0.25) is 0 Å². The van der Waals surface area contributed by atoms with Gasteiger partial charge in [-0.2, -0.15) is 5.10 Å². The van der Waals surface area contributed by atoms with Gasteiger partial charge in [-0.15, -0.1) is 0 Å². The summed E-state index contributed by atoms with van der Waals surface area (Å²) in [6.07, 6.45) is 3.16. The summed E-state index contributed by atoms with van der Waals surface area (Å²) in [5, 5.41) is 7.86. The summed E-state index contributed by atoms with van der Waals surface area (Å²) in [6.45, 7) is 3.76. The van der Waals surface area contributed by atoms with Crippen molar-refractivity contribution >= 4 is 32.7 Å². The lowest BCUT2D eigenvalue weighted by Gasteiger charge is -2.15. The van der Waals surface area contributed by atoms with Gasteiger partial charge in [0.05, 0.1) is 35.2 Å². The molecule has 0 saturated carbocycles. The SMILES string of the molecule is Cc1c(C(C)NC(=O)Cn2cnc3ccc(Br)cc3c2=O)cnn1-c1ccccc1. The number of amides is 1. The van der Waals surface area contributed by atoms with Gasteiger partial charge in [0.25, 0.3) is 5.56 Å². The van der Waals surface area contributed by atoms with E-state index >= 15 is 0 Å². The lowest BCUT2D eigenvalue weighted by atomic mass is 10.1. The Morgan fingerprint density at radius 3 is 2.73 bits per heavy atom. The van der Waals surface area contributed by atoms with Crippen molar-refractivity contribution < 1.29 is 4.79 Å². The molecule has 0 saturated heterocycles. The molecule has 2 aromatic heterocycles. The second-order valence-electron chi connectivity index (χ2n) is 7.06. The summed E-state index contributed by atoms with van der Waals surface area (Å²) in [4.78, 5) is 29.6. The number of nitrogens with zero attached hydrogens (tertiary/aromatic N) is 4. The van der Waals surface area contributed by atoms with E-state index in [2.05, 4.69) is 31.3 Å². The molecule has 2 heterocycles. The zero-order valence-corrected chi connectivity index (χ0v) is 18.1. The van der Waals surface area contributed by atoms with E-state index in [1.165, 1.54) is 10.9 Å². The van der Waals surface area contributed by atoms with Gasteiger partial charge in [0.2, 0.25) is 5.91 Å². The van der Waals surface area contributed by atoms with Gasteiger partial charge in [0.1, 0.15) is 6.54 Å². The van der Waals surface area contributed by atoms with Crippen LogP contribution in [0, 0.1) is 6.92 Å². The molecule has 1 atom stereocenters. The molecule has 7 nitrogen and oxygen atoms in total. The van der Waals surface area contributed by atoms with Crippen LogP contribution >= 0.6 is 15.9 Å². The quantitative estimate of drug-likeness (QED) is 0.488. The first-order valence-electron chi connectivity index (χ1n) is 9.48. The van der Waals surface area contributed by atoms with Crippen LogP contribution in [0.1, 0.15) is 24.2 Å². The van der Waals surface area contributed by atoms with Crippen molar-refractivity contribution in [3.8, 4) is 5.69 Å². The van der Waals surface area contributed by atoms with Crippen LogP contribution in [0.5, 0.6) is 0 Å². The third-order valence-electron chi connectivity index (χ3n) is 4.99. The number of nitrogens with one attached hydrogen (secondary N) is 1. The van der Waals surface area contributed by atoms with E-state index in [1.807, 2.05) is 54.9 Å². The van der Waals surface area contributed by atoms with Crippen LogP contribution in [0.3, 0.4) is 0 Å². The fourth-order valence-electron chi connectivity index (χ4n) is 3.44. The summed E-state index contributed by atoms with van der Waals surface area (Å²) in [6, 6.07) is 14.9. The molecule has 0 spiro atoms. The predicted molar refractivity (Wildman–Crippen MR) is 119 cm³/mol. The maximum atomic E-state index is 12.7. The molecule has 4 aromatic rings. The maximum absolute atomic E-state index is 12.7. The monoisotopic (exact) mass is 465 g/mol. The standard InChI is InChI=1S/C22H20BrN5O2/c1-14(19-11-25-28(15(19)2)17-6-4-3-5-7-17)26-21(29)12-27-13-24-20-9-8-16(23)10-18(20)22(27)30/h3-11,13-14H,12H2,1-2H3,(H,26,29). The van der Waals surface area contributed by atoms with Crippen LogP contribution in [0.25, 0.3) is 16.6 Å². The molecule has 0 aliphatic heterocycles. The highest BCUT2D eigenvalue weighted by atomic mass is 79.9. The van der Waals surface area contributed by atoms with Crippen molar-refractivity contribution in [3.05, 3.63) is 87.1 Å². The summed E-state index contributed by atoms with van der Waals surface area (Å²) in [5.74, 6) is -0.271. The minimum absolute atomic E-state index is 0.107. The van der Waals surface area contributed by atoms with Gasteiger partial charge in [-0.1, -0.05) is 34.1 Å². The molecule has 30 heavy (non-hydrogen) atoms. The molecule has 1 amide bonds. The zero-order chi connectivity index (χ0) is 21.3. The Hall–Kier alpha value is -3.26. The number of aromatic nitrogens is 4. The number of rotatable bonds is 5. The molecule has 4 rings (SSSR count). The van der Waals surface area contributed by atoms with E-state index < -0.39 is 0 Å². The first-order chi connectivity index (χ1) is 14.4. The largest absolute Gasteiger partial charge is 0.348 e. The van der Waals surface area contributed by atoms with Gasteiger partial charge in [-0.3, -0.25) is 14.2 Å². The Bertz CT molecular complexity index is 1280. The molecule has 0 bridgehead atoms. The number of hydrogen-bond acceptors (Lipinski definition) is 4. The Labute approximate surface area is 181 Å². The lowest BCUT2D eigenvalue weighted by Crippen LogP contribution is -2.34. The van der Waals surface area contributed by atoms with Gasteiger partial charge in [0, 0.05) is 15.7 Å². The molecule has 1 N–H and O–H groups in total. The molecule has 8 heteroatoms. The number of carbonyl (C=O) groups excluding carboxylic acids is 1. The van der Waals surface area contributed by atoms with Crippen LogP contribution in [-0.2, 0) is 11.3 Å². The second-order valence-corrected chi connectivity index (χ2v) is 7.98. The number of halogens is 1. The summed E-state index contributed by atoms with van der Waals surface area (Å²) in [7, 11) is 0. The smallest absolute Gasteiger partial charge is 0.261 e. The van der Waals surface area contributed by atoms with Gasteiger partial charge < -0.3 is 5.32 Å². The Morgan fingerprint density at radius 2 is 1.97 bits per heavy atom. The van der Waals surface area contributed by atoms with E-state index in [-0.39, 0.29) is 24.1 Å². The van der Waals surface area contributed by atoms with Crippen molar-refractivity contribution in [3.63, 3.8) is 0 Å². The number of para-hydroxylation sites is 1. The average Bonchev–Trinajstić information content (AvgIpc) is 3.12. The third kappa shape index (κ3) is 3.91. The Balaban J connectivity index is 1.51. The molecule has 0 radical (unpaired) electrons. The van der Waals surface area contributed by atoms with Crippen molar-refractivity contribution in [2.45, 2.75) is 26.4 Å². The van der Waals surface area contributed by atoms with Crippen LogP contribution < -0.4 is 10.9 Å². The summed E-state index contributed by atoms with van der Waals surface area (Å²) in [5.41, 5.74) is 3.16. The van der Waals surface area contributed by atoms with Crippen molar-refractivity contribution in [1.82, 2.24) is 24.6 Å². The summed E-state index contributed by atoms with van der Waals surface area (Å²) >= 11 is 3.36. The van der Waals surface area contributed by atoms with Crippen LogP contribution in [-0.4, -0.2) is 25.2 Å². The number of carbonyl (C=O) groups is 1. The van der Waals surface area contributed by atoms with E-state index in [0.717, 1.165) is 21.4 Å². The molecule has 0 aliphatic carbocycles. The molecule has 2 aromatic carbocycles. The molecule has 1 unspecified atom stereocenters. The van der Waals surface area contributed by atoms with Crippen molar-refractivity contribution in [2.75, 3.05) is 0 Å². The highest BCUT2D eigenvalue weighted by Crippen LogP contribution is 2.20. The van der Waals surface area contributed by atoms with E-state index in [0.29, 0.717) is 10.9 Å². The van der Waals surface area contributed by atoms with E-state index in [9.17, 15) is 9.59 Å². The molecular weight excluding hydrogens is 446 g/mol. The highest BCUT2D eigenvalue weighted by molar-refractivity contribution is 9.10. The highest BCUT2D eigenvalue weighted by Gasteiger charge is 2.17.